The Morgan fingerprint density at radius 2 is 2.11 bits per heavy atom. The molecule has 0 radical (unpaired) electrons. The Kier molecular flexibility index (Phi) is 3.88. The summed E-state index contributed by atoms with van der Waals surface area (Å²) >= 11 is 0. The van der Waals surface area contributed by atoms with Gasteiger partial charge in [-0.3, -0.25) is 0 Å². The minimum Gasteiger partial charge on any atom is -0.483 e. The number of hydrogen-bond donors (Lipinski definition) is 1. The van der Waals surface area contributed by atoms with Gasteiger partial charge in [-0.15, -0.1) is 10.2 Å². The Morgan fingerprint density at radius 1 is 1.33 bits per heavy atom. The van der Waals surface area contributed by atoms with Crippen molar-refractivity contribution in [2.24, 2.45) is 5.73 Å². The van der Waals surface area contributed by atoms with Gasteiger partial charge in [-0.2, -0.15) is 0 Å². The maximum atomic E-state index is 13.0. The first-order valence-corrected chi connectivity index (χ1v) is 5.65. The zero-order valence-corrected chi connectivity index (χ0v) is 10.0. The summed E-state index contributed by atoms with van der Waals surface area (Å²) in [5.41, 5.74) is 6.12. The summed E-state index contributed by atoms with van der Waals surface area (Å²) in [5, 5.41) is 7.65. The lowest BCUT2D eigenvalue weighted by Gasteiger charge is -2.08. The molecule has 0 bridgehead atoms. The van der Waals surface area contributed by atoms with Crippen LogP contribution < -0.4 is 10.5 Å². The molecule has 18 heavy (non-hydrogen) atoms. The molecule has 0 atom stereocenters. The summed E-state index contributed by atoms with van der Waals surface area (Å²) in [6, 6.07) is 4.20. The van der Waals surface area contributed by atoms with Gasteiger partial charge < -0.3 is 14.9 Å². The second-order valence-electron chi connectivity index (χ2n) is 3.69. The predicted octanol–water partition coefficient (Wildman–Crippen LogP) is 1.81. The normalized spacial score (nSPS) is 10.6. The molecule has 2 rings (SSSR count). The van der Waals surface area contributed by atoms with Crippen LogP contribution in [0.15, 0.2) is 22.6 Å². The molecule has 0 aliphatic carbocycles. The molecule has 0 spiro atoms. The third-order valence-electron chi connectivity index (χ3n) is 2.40. The SMILES string of the molecule is CCc1nnc(COc2ccc(F)cc2CN)o1. The number of ether oxygens (including phenoxy) is 1. The number of nitrogens with two attached hydrogens (primary N) is 1. The van der Waals surface area contributed by atoms with Gasteiger partial charge in [0.1, 0.15) is 11.6 Å². The fraction of sp³-hybridized carbons (Fsp3) is 0.333. The van der Waals surface area contributed by atoms with Crippen molar-refractivity contribution in [2.45, 2.75) is 26.5 Å². The van der Waals surface area contributed by atoms with Crippen LogP contribution in [-0.2, 0) is 19.6 Å². The predicted molar refractivity (Wildman–Crippen MR) is 62.3 cm³/mol. The molecule has 0 saturated carbocycles. The van der Waals surface area contributed by atoms with Crippen molar-refractivity contribution >= 4 is 0 Å². The van der Waals surface area contributed by atoms with Crippen molar-refractivity contribution in [3.05, 3.63) is 41.4 Å². The second kappa shape index (κ2) is 5.59. The van der Waals surface area contributed by atoms with E-state index in [0.29, 0.717) is 29.5 Å². The molecule has 1 aromatic carbocycles. The van der Waals surface area contributed by atoms with E-state index in [2.05, 4.69) is 10.2 Å². The standard InChI is InChI=1S/C12H14FN3O2/c1-2-11-15-16-12(18-11)7-17-10-4-3-9(13)5-8(10)6-14/h3-5H,2,6-7,14H2,1H3. The van der Waals surface area contributed by atoms with Gasteiger partial charge in [0.05, 0.1) is 0 Å². The van der Waals surface area contributed by atoms with E-state index in [-0.39, 0.29) is 19.0 Å². The Hall–Kier alpha value is -1.95. The molecule has 5 nitrogen and oxygen atoms in total. The van der Waals surface area contributed by atoms with Gasteiger partial charge in [0.15, 0.2) is 6.61 Å². The number of halogens is 1. The van der Waals surface area contributed by atoms with Crippen LogP contribution in [0.3, 0.4) is 0 Å². The minimum absolute atomic E-state index is 0.144. The highest BCUT2D eigenvalue weighted by atomic mass is 19.1. The van der Waals surface area contributed by atoms with E-state index in [0.717, 1.165) is 0 Å². The Bertz CT molecular complexity index is 528. The molecule has 96 valence electrons. The van der Waals surface area contributed by atoms with Gasteiger partial charge in [-0.05, 0) is 18.2 Å². The highest BCUT2D eigenvalue weighted by Gasteiger charge is 2.08. The van der Waals surface area contributed by atoms with Crippen LogP contribution >= 0.6 is 0 Å². The molecule has 2 aromatic rings. The van der Waals surface area contributed by atoms with Crippen molar-refractivity contribution in [3.8, 4) is 5.75 Å². The zero-order chi connectivity index (χ0) is 13.0. The third kappa shape index (κ3) is 2.84. The number of aromatic nitrogens is 2. The monoisotopic (exact) mass is 251 g/mol. The highest BCUT2D eigenvalue weighted by Crippen LogP contribution is 2.20. The molecule has 0 amide bonds. The van der Waals surface area contributed by atoms with Crippen molar-refractivity contribution in [2.75, 3.05) is 0 Å². The molecule has 0 saturated heterocycles. The lowest BCUT2D eigenvalue weighted by molar-refractivity contribution is 0.256. The van der Waals surface area contributed by atoms with Crippen LogP contribution in [0.2, 0.25) is 0 Å². The molecule has 0 unspecified atom stereocenters. The molecule has 1 heterocycles. The Balaban J connectivity index is 2.05. The van der Waals surface area contributed by atoms with E-state index in [1.807, 2.05) is 6.92 Å². The zero-order valence-electron chi connectivity index (χ0n) is 10.0. The number of benzene rings is 1. The second-order valence-corrected chi connectivity index (χ2v) is 3.69. The van der Waals surface area contributed by atoms with E-state index >= 15 is 0 Å². The van der Waals surface area contributed by atoms with Crippen molar-refractivity contribution in [1.82, 2.24) is 10.2 Å². The topological polar surface area (TPSA) is 74.2 Å². The quantitative estimate of drug-likeness (QED) is 0.877. The van der Waals surface area contributed by atoms with Crippen LogP contribution in [0.1, 0.15) is 24.3 Å². The average molecular weight is 251 g/mol. The lowest BCUT2D eigenvalue weighted by atomic mass is 10.2. The fourth-order valence-electron chi connectivity index (χ4n) is 1.48. The van der Waals surface area contributed by atoms with Crippen molar-refractivity contribution < 1.29 is 13.5 Å². The van der Waals surface area contributed by atoms with Gasteiger partial charge in [0.25, 0.3) is 5.89 Å². The number of hydrogen-bond acceptors (Lipinski definition) is 5. The van der Waals surface area contributed by atoms with Gasteiger partial charge in [-0.25, -0.2) is 4.39 Å². The number of nitrogens with zero attached hydrogens (tertiary/aromatic N) is 2. The van der Waals surface area contributed by atoms with Crippen LogP contribution in [0.25, 0.3) is 0 Å². The van der Waals surface area contributed by atoms with Gasteiger partial charge in [-0.1, -0.05) is 6.92 Å². The highest BCUT2D eigenvalue weighted by molar-refractivity contribution is 5.33. The molecule has 6 heteroatoms. The maximum Gasteiger partial charge on any atom is 0.253 e. The van der Waals surface area contributed by atoms with E-state index in [9.17, 15) is 4.39 Å². The maximum absolute atomic E-state index is 13.0. The Labute approximate surface area is 104 Å². The van der Waals surface area contributed by atoms with Crippen LogP contribution in [0.5, 0.6) is 5.75 Å². The summed E-state index contributed by atoms with van der Waals surface area (Å²) in [5.74, 6) is 1.13. The number of rotatable bonds is 5. The third-order valence-corrected chi connectivity index (χ3v) is 2.40. The first-order chi connectivity index (χ1) is 8.72. The average Bonchev–Trinajstić information content (AvgIpc) is 2.85. The summed E-state index contributed by atoms with van der Waals surface area (Å²) in [4.78, 5) is 0. The summed E-state index contributed by atoms with van der Waals surface area (Å²) in [6.07, 6.45) is 0.678. The van der Waals surface area contributed by atoms with E-state index in [1.54, 1.807) is 0 Å². The molecule has 0 fully saturated rings. The van der Waals surface area contributed by atoms with Crippen LogP contribution in [-0.4, -0.2) is 10.2 Å². The fourth-order valence-corrected chi connectivity index (χ4v) is 1.48. The minimum atomic E-state index is -0.339. The van der Waals surface area contributed by atoms with Crippen molar-refractivity contribution in [1.29, 1.82) is 0 Å². The first-order valence-electron chi connectivity index (χ1n) is 5.65. The molecule has 2 N–H and O–H groups in total. The van der Waals surface area contributed by atoms with E-state index < -0.39 is 0 Å². The van der Waals surface area contributed by atoms with E-state index in [1.165, 1.54) is 18.2 Å². The molecule has 1 aromatic heterocycles. The molecule has 0 aliphatic rings. The van der Waals surface area contributed by atoms with Gasteiger partial charge in [0, 0.05) is 18.5 Å². The number of aryl methyl sites for hydroxylation is 1. The van der Waals surface area contributed by atoms with Gasteiger partial charge >= 0.3 is 0 Å². The molecule has 0 aliphatic heterocycles. The Morgan fingerprint density at radius 3 is 2.78 bits per heavy atom. The van der Waals surface area contributed by atoms with Gasteiger partial charge in [0.2, 0.25) is 5.89 Å². The largest absolute Gasteiger partial charge is 0.483 e. The first kappa shape index (κ1) is 12.5. The summed E-state index contributed by atoms with van der Waals surface area (Å²) in [6.45, 7) is 2.27. The van der Waals surface area contributed by atoms with Crippen molar-refractivity contribution in [3.63, 3.8) is 0 Å². The molecular formula is C12H14FN3O2. The smallest absolute Gasteiger partial charge is 0.253 e. The molecular weight excluding hydrogens is 237 g/mol. The lowest BCUT2D eigenvalue weighted by Crippen LogP contribution is -2.03. The summed E-state index contributed by atoms with van der Waals surface area (Å²) in [7, 11) is 0. The van der Waals surface area contributed by atoms with E-state index in [4.69, 9.17) is 14.9 Å². The summed E-state index contributed by atoms with van der Waals surface area (Å²) < 4.78 is 23.8. The van der Waals surface area contributed by atoms with Crippen LogP contribution in [0, 0.1) is 5.82 Å². The van der Waals surface area contributed by atoms with Crippen LogP contribution in [0.4, 0.5) is 4.39 Å².